The van der Waals surface area contributed by atoms with E-state index in [0.717, 1.165) is 31.2 Å². The van der Waals surface area contributed by atoms with Crippen LogP contribution in [0, 0.1) is 0 Å². The maximum atomic E-state index is 11.8. The van der Waals surface area contributed by atoms with E-state index in [1.165, 1.54) is 25.5 Å². The molecule has 1 saturated carbocycles. The smallest absolute Gasteiger partial charge is 0.231 e. The number of rotatable bonds is 7. The summed E-state index contributed by atoms with van der Waals surface area (Å²) in [7, 11) is -1.53. The minimum absolute atomic E-state index is 0.226. The Morgan fingerprint density at radius 1 is 1.06 bits per heavy atom. The Bertz CT molecular complexity index is 1110. The van der Waals surface area contributed by atoms with Crippen molar-refractivity contribution in [3.8, 4) is 5.75 Å². The van der Waals surface area contributed by atoms with Crippen LogP contribution in [0.4, 0.5) is 29.0 Å². The summed E-state index contributed by atoms with van der Waals surface area (Å²) in [6.45, 7) is 1.06. The molecule has 1 aromatic heterocycles. The number of benzene rings is 1. The van der Waals surface area contributed by atoms with Gasteiger partial charge in [0.05, 0.1) is 19.1 Å². The van der Waals surface area contributed by atoms with Gasteiger partial charge < -0.3 is 26.8 Å². The third-order valence-electron chi connectivity index (χ3n) is 6.79. The van der Waals surface area contributed by atoms with Gasteiger partial charge in [-0.2, -0.15) is 9.97 Å². The van der Waals surface area contributed by atoms with Crippen molar-refractivity contribution in [1.29, 1.82) is 0 Å². The zero-order valence-corrected chi connectivity index (χ0v) is 20.7. The first-order valence-corrected chi connectivity index (χ1v) is 13.7. The Labute approximate surface area is 201 Å². The minimum atomic E-state index is -3.14. The van der Waals surface area contributed by atoms with E-state index in [-0.39, 0.29) is 11.7 Å². The molecular formula is C23H35N7O3S. The van der Waals surface area contributed by atoms with Gasteiger partial charge in [-0.15, -0.1) is 0 Å². The van der Waals surface area contributed by atoms with Gasteiger partial charge in [-0.25, -0.2) is 12.7 Å². The molecule has 186 valence electrons. The maximum Gasteiger partial charge on any atom is 0.231 e. The summed E-state index contributed by atoms with van der Waals surface area (Å²) in [5.74, 6) is 2.05. The number of nitrogens with one attached hydrogen (secondary N) is 2. The first kappa shape index (κ1) is 24.3. The number of nitrogens with two attached hydrogens (primary N) is 2. The minimum Gasteiger partial charge on any atom is -0.495 e. The van der Waals surface area contributed by atoms with Crippen LogP contribution in [-0.2, 0) is 10.0 Å². The zero-order chi connectivity index (χ0) is 24.3. The number of methoxy groups -OCH3 is 1. The van der Waals surface area contributed by atoms with Crippen LogP contribution in [0.15, 0.2) is 18.2 Å². The number of nitrogen functional groups attached to an aromatic ring is 2. The van der Waals surface area contributed by atoms with Gasteiger partial charge >= 0.3 is 0 Å². The molecule has 1 saturated heterocycles. The number of hydrogen-bond donors (Lipinski definition) is 4. The molecule has 2 fully saturated rings. The van der Waals surface area contributed by atoms with Crippen LogP contribution < -0.4 is 26.8 Å². The van der Waals surface area contributed by atoms with E-state index in [1.807, 2.05) is 18.2 Å². The second-order valence-electron chi connectivity index (χ2n) is 9.20. The lowest BCUT2D eigenvalue weighted by Crippen LogP contribution is -2.37. The molecule has 0 spiro atoms. The first-order valence-electron chi connectivity index (χ1n) is 11.8. The number of ether oxygens (including phenoxy) is 1. The standard InChI is InChI=1S/C23H35N7O3S/c1-33-19-14-16(15-10-12-30(13-11-15)34(2,31)32)8-9-18(19)27-23-28-21(25)20(24)22(29-23)26-17-6-4-3-5-7-17/h8-9,14-15,17H,3-7,10-13,24H2,1-2H3,(H4,25,26,27,28,29). The molecule has 2 aromatic rings. The highest BCUT2D eigenvalue weighted by Gasteiger charge is 2.26. The third-order valence-corrected chi connectivity index (χ3v) is 8.09. The molecule has 4 rings (SSSR count). The predicted molar refractivity (Wildman–Crippen MR) is 136 cm³/mol. The van der Waals surface area contributed by atoms with Crippen molar-refractivity contribution in [2.24, 2.45) is 0 Å². The van der Waals surface area contributed by atoms with Gasteiger partial charge in [0.25, 0.3) is 0 Å². The van der Waals surface area contributed by atoms with Crippen LogP contribution in [0.1, 0.15) is 56.4 Å². The van der Waals surface area contributed by atoms with Crippen molar-refractivity contribution in [3.05, 3.63) is 23.8 Å². The highest BCUT2D eigenvalue weighted by atomic mass is 32.2. The van der Waals surface area contributed by atoms with Crippen molar-refractivity contribution in [2.75, 3.05) is 48.6 Å². The largest absolute Gasteiger partial charge is 0.495 e. The number of sulfonamides is 1. The van der Waals surface area contributed by atoms with E-state index in [4.69, 9.17) is 16.2 Å². The Morgan fingerprint density at radius 2 is 1.76 bits per heavy atom. The van der Waals surface area contributed by atoms with Gasteiger partial charge in [-0.3, -0.25) is 0 Å². The fourth-order valence-electron chi connectivity index (χ4n) is 4.80. The summed E-state index contributed by atoms with van der Waals surface area (Å²) in [6.07, 6.45) is 8.64. The molecule has 1 aliphatic carbocycles. The van der Waals surface area contributed by atoms with Crippen molar-refractivity contribution in [1.82, 2.24) is 14.3 Å². The lowest BCUT2D eigenvalue weighted by Gasteiger charge is -2.30. The molecular weight excluding hydrogens is 454 g/mol. The summed E-state index contributed by atoms with van der Waals surface area (Å²) >= 11 is 0. The SMILES string of the molecule is COc1cc(C2CCN(S(C)(=O)=O)CC2)ccc1Nc1nc(N)c(N)c(NC2CCCCC2)n1. The van der Waals surface area contributed by atoms with Gasteiger partial charge in [0.2, 0.25) is 16.0 Å². The summed E-state index contributed by atoms with van der Waals surface area (Å²) in [6, 6.07) is 6.29. The Hall–Kier alpha value is -2.79. The van der Waals surface area contributed by atoms with Gasteiger partial charge in [0.15, 0.2) is 11.6 Å². The van der Waals surface area contributed by atoms with Crippen LogP contribution in [0.2, 0.25) is 0 Å². The topological polar surface area (TPSA) is 148 Å². The van der Waals surface area contributed by atoms with E-state index >= 15 is 0 Å². The molecule has 6 N–H and O–H groups in total. The third kappa shape index (κ3) is 5.64. The molecule has 2 aliphatic rings. The maximum absolute atomic E-state index is 11.8. The van der Waals surface area contributed by atoms with E-state index in [2.05, 4.69) is 20.6 Å². The second kappa shape index (κ2) is 10.2. The average molecular weight is 490 g/mol. The molecule has 11 heteroatoms. The van der Waals surface area contributed by atoms with Crippen molar-refractivity contribution >= 4 is 39.0 Å². The quantitative estimate of drug-likeness (QED) is 0.459. The molecule has 2 heterocycles. The van der Waals surface area contributed by atoms with E-state index < -0.39 is 10.0 Å². The number of anilines is 5. The molecule has 0 radical (unpaired) electrons. The van der Waals surface area contributed by atoms with E-state index in [1.54, 1.807) is 11.4 Å². The number of piperidine rings is 1. The molecule has 0 bridgehead atoms. The Balaban J connectivity index is 1.49. The monoisotopic (exact) mass is 489 g/mol. The number of hydrogen-bond acceptors (Lipinski definition) is 9. The van der Waals surface area contributed by atoms with Crippen molar-refractivity contribution in [2.45, 2.75) is 56.9 Å². The van der Waals surface area contributed by atoms with E-state index in [0.29, 0.717) is 48.0 Å². The van der Waals surface area contributed by atoms with Crippen LogP contribution in [-0.4, -0.2) is 55.2 Å². The Morgan fingerprint density at radius 3 is 2.41 bits per heavy atom. The zero-order valence-electron chi connectivity index (χ0n) is 19.9. The van der Waals surface area contributed by atoms with Gasteiger partial charge in [-0.1, -0.05) is 25.3 Å². The Kier molecular flexibility index (Phi) is 7.32. The molecule has 34 heavy (non-hydrogen) atoms. The fraction of sp³-hybridized carbons (Fsp3) is 0.565. The van der Waals surface area contributed by atoms with Crippen LogP contribution in [0.3, 0.4) is 0 Å². The molecule has 0 amide bonds. The van der Waals surface area contributed by atoms with Crippen molar-refractivity contribution < 1.29 is 13.2 Å². The average Bonchev–Trinajstić information content (AvgIpc) is 2.82. The summed E-state index contributed by atoms with van der Waals surface area (Å²) in [5, 5.41) is 6.65. The highest BCUT2D eigenvalue weighted by molar-refractivity contribution is 7.88. The van der Waals surface area contributed by atoms with Crippen LogP contribution >= 0.6 is 0 Å². The molecule has 0 unspecified atom stereocenters. The van der Waals surface area contributed by atoms with E-state index in [9.17, 15) is 8.42 Å². The lowest BCUT2D eigenvalue weighted by atomic mass is 9.90. The van der Waals surface area contributed by atoms with Gasteiger partial charge in [0.1, 0.15) is 11.4 Å². The summed E-state index contributed by atoms with van der Waals surface area (Å²) in [5.41, 5.74) is 14.4. The molecule has 1 aromatic carbocycles. The highest BCUT2D eigenvalue weighted by Crippen LogP contribution is 2.36. The first-order chi connectivity index (χ1) is 16.2. The number of nitrogens with zero attached hydrogens (tertiary/aromatic N) is 3. The normalized spacial score (nSPS) is 18.5. The number of aromatic nitrogens is 2. The molecule has 0 atom stereocenters. The van der Waals surface area contributed by atoms with Crippen molar-refractivity contribution in [3.63, 3.8) is 0 Å². The van der Waals surface area contributed by atoms with Crippen LogP contribution in [0.25, 0.3) is 0 Å². The van der Waals surface area contributed by atoms with Gasteiger partial charge in [-0.05, 0) is 49.3 Å². The predicted octanol–water partition coefficient (Wildman–Crippen LogP) is 3.28. The summed E-state index contributed by atoms with van der Waals surface area (Å²) < 4.78 is 30.8. The molecule has 10 nitrogen and oxygen atoms in total. The second-order valence-corrected chi connectivity index (χ2v) is 11.2. The van der Waals surface area contributed by atoms with Gasteiger partial charge in [0, 0.05) is 19.1 Å². The summed E-state index contributed by atoms with van der Waals surface area (Å²) in [4.78, 5) is 8.90. The fourth-order valence-corrected chi connectivity index (χ4v) is 5.67. The lowest BCUT2D eigenvalue weighted by molar-refractivity contribution is 0.321. The van der Waals surface area contributed by atoms with Crippen LogP contribution in [0.5, 0.6) is 5.75 Å². The molecule has 1 aliphatic heterocycles.